The summed E-state index contributed by atoms with van der Waals surface area (Å²) in [5, 5.41) is 3.94. The molecule has 0 fully saturated rings. The summed E-state index contributed by atoms with van der Waals surface area (Å²) >= 11 is 0. The van der Waals surface area contributed by atoms with Gasteiger partial charge in [-0.2, -0.15) is 0 Å². The highest BCUT2D eigenvalue weighted by atomic mass is 16.5. The highest BCUT2D eigenvalue weighted by Crippen LogP contribution is 2.65. The van der Waals surface area contributed by atoms with E-state index in [9.17, 15) is 0 Å². The molecule has 13 rings (SSSR count). The van der Waals surface area contributed by atoms with E-state index >= 15 is 0 Å². The molecule has 1 N–H and O–H groups in total. The molecule has 0 saturated carbocycles. The van der Waals surface area contributed by atoms with Crippen molar-refractivity contribution in [3.05, 3.63) is 258 Å². The van der Waals surface area contributed by atoms with Crippen molar-refractivity contribution in [3.63, 3.8) is 0 Å². The van der Waals surface area contributed by atoms with Crippen molar-refractivity contribution in [1.29, 1.82) is 0 Å². The number of rotatable bonds is 5. The average Bonchev–Trinajstić information content (AvgIpc) is 3.66. The van der Waals surface area contributed by atoms with Crippen molar-refractivity contribution in [2.45, 2.75) is 11.5 Å². The summed E-state index contributed by atoms with van der Waals surface area (Å²) in [4.78, 5) is 10.1. The summed E-state index contributed by atoms with van der Waals surface area (Å²) < 4.78 is 6.72. The molecule has 3 heterocycles. The van der Waals surface area contributed by atoms with E-state index in [0.29, 0.717) is 5.82 Å². The molecule has 0 saturated heterocycles. The molecule has 1 aromatic heterocycles. The van der Waals surface area contributed by atoms with Crippen LogP contribution in [0.15, 0.2) is 224 Å². The van der Waals surface area contributed by atoms with Crippen LogP contribution in [-0.4, -0.2) is 9.97 Å². The van der Waals surface area contributed by atoms with Gasteiger partial charge >= 0.3 is 0 Å². The first kappa shape index (κ1) is 36.3. The maximum absolute atomic E-state index is 6.72. The number of para-hydroxylation sites is 3. The van der Waals surface area contributed by atoms with Gasteiger partial charge in [-0.25, -0.2) is 9.97 Å². The Labute approximate surface area is 372 Å². The first-order valence-electron chi connectivity index (χ1n) is 21.9. The molecule has 2 aliphatic heterocycles. The van der Waals surface area contributed by atoms with E-state index in [1.807, 2.05) is 24.3 Å². The van der Waals surface area contributed by atoms with Crippen LogP contribution in [0.5, 0.6) is 11.5 Å². The van der Waals surface area contributed by atoms with E-state index in [-0.39, 0.29) is 6.04 Å². The van der Waals surface area contributed by atoms with Gasteiger partial charge in [-0.15, -0.1) is 0 Å². The maximum Gasteiger partial charge on any atom is 0.160 e. The van der Waals surface area contributed by atoms with Crippen molar-refractivity contribution < 1.29 is 4.74 Å². The van der Waals surface area contributed by atoms with E-state index in [2.05, 4.69) is 206 Å². The fraction of sp³-hybridized carbons (Fsp3) is 0.0333. The monoisotopic (exact) mass is 817 g/mol. The largest absolute Gasteiger partial charge is 0.457 e. The first-order chi connectivity index (χ1) is 31.7. The third-order valence-electron chi connectivity index (χ3n) is 13.4. The lowest BCUT2D eigenvalue weighted by molar-refractivity contribution is 0.436. The summed E-state index contributed by atoms with van der Waals surface area (Å²) in [7, 11) is 0. The van der Waals surface area contributed by atoms with Gasteiger partial charge in [-0.05, 0) is 80.4 Å². The maximum atomic E-state index is 6.72. The average molecular weight is 818 g/mol. The van der Waals surface area contributed by atoms with Gasteiger partial charge in [-0.3, -0.25) is 0 Å². The number of hydrogen-bond acceptors (Lipinski definition) is 4. The molecular weight excluding hydrogens is 779 g/mol. The van der Waals surface area contributed by atoms with Gasteiger partial charge in [0.15, 0.2) is 5.82 Å². The number of nitrogens with one attached hydrogen (secondary N) is 1. The third kappa shape index (κ3) is 5.49. The van der Waals surface area contributed by atoms with Crippen LogP contribution >= 0.6 is 0 Å². The van der Waals surface area contributed by atoms with Gasteiger partial charge < -0.3 is 10.1 Å². The van der Waals surface area contributed by atoms with Crippen LogP contribution in [-0.2, 0) is 5.41 Å². The van der Waals surface area contributed by atoms with Gasteiger partial charge in [0.2, 0.25) is 0 Å². The second-order valence-electron chi connectivity index (χ2n) is 16.9. The number of aromatic nitrogens is 2. The Bertz CT molecular complexity index is 3330. The fourth-order valence-electron chi connectivity index (χ4n) is 10.6. The van der Waals surface area contributed by atoms with Crippen LogP contribution in [0.3, 0.4) is 0 Å². The van der Waals surface area contributed by atoms with Crippen molar-refractivity contribution >= 4 is 5.69 Å². The van der Waals surface area contributed by atoms with Gasteiger partial charge in [0.05, 0.1) is 22.8 Å². The van der Waals surface area contributed by atoms with Gasteiger partial charge in [0.25, 0.3) is 0 Å². The number of benzene rings is 9. The van der Waals surface area contributed by atoms with Crippen molar-refractivity contribution in [2.24, 2.45) is 0 Å². The number of fused-ring (bicyclic) bond motifs is 13. The second-order valence-corrected chi connectivity index (χ2v) is 16.9. The molecule has 9 aromatic carbocycles. The SMILES string of the molecule is c1ccc(-c2cc(-c3ccc(-c4ccc5c(c4)-c4c(ccc6c4-c4ccccc4NC6c4ccccc4)C54c5ccccc5Oc5ccccc54)cc3)nc(-c3ccccc3)n2)cc1. The van der Waals surface area contributed by atoms with Gasteiger partial charge in [0, 0.05) is 39.1 Å². The third-order valence-corrected chi connectivity index (χ3v) is 13.4. The lowest BCUT2D eigenvalue weighted by atomic mass is 9.65. The Kier molecular flexibility index (Phi) is 8.16. The molecule has 64 heavy (non-hydrogen) atoms. The Hall–Kier alpha value is -8.34. The van der Waals surface area contributed by atoms with Crippen molar-refractivity contribution in [3.8, 4) is 78.8 Å². The zero-order valence-electron chi connectivity index (χ0n) is 34.7. The Morgan fingerprint density at radius 2 is 0.938 bits per heavy atom. The first-order valence-corrected chi connectivity index (χ1v) is 21.9. The summed E-state index contributed by atoms with van der Waals surface area (Å²) in [6.07, 6.45) is 0. The summed E-state index contributed by atoms with van der Waals surface area (Å²) in [5.74, 6) is 2.48. The van der Waals surface area contributed by atoms with Crippen molar-refractivity contribution in [1.82, 2.24) is 9.97 Å². The van der Waals surface area contributed by atoms with Crippen LogP contribution in [0, 0.1) is 0 Å². The molecule has 0 amide bonds. The number of hydrogen-bond donors (Lipinski definition) is 1. The minimum atomic E-state index is -0.602. The Morgan fingerprint density at radius 1 is 0.391 bits per heavy atom. The molecule has 1 atom stereocenters. The molecular formula is C60H39N3O. The van der Waals surface area contributed by atoms with E-state index in [1.165, 1.54) is 44.5 Å². The van der Waals surface area contributed by atoms with Crippen molar-refractivity contribution in [2.75, 3.05) is 5.32 Å². The van der Waals surface area contributed by atoms with E-state index in [1.54, 1.807) is 0 Å². The van der Waals surface area contributed by atoms with E-state index in [0.717, 1.165) is 67.5 Å². The summed E-state index contributed by atoms with van der Waals surface area (Å²) in [6, 6.07) is 80.3. The predicted octanol–water partition coefficient (Wildman–Crippen LogP) is 14.8. The molecule has 4 heteroatoms. The predicted molar refractivity (Wildman–Crippen MR) is 258 cm³/mol. The van der Waals surface area contributed by atoms with Crippen LogP contribution in [0.2, 0.25) is 0 Å². The Balaban J connectivity index is 1.02. The molecule has 1 spiro atoms. The zero-order valence-corrected chi connectivity index (χ0v) is 34.7. The van der Waals surface area contributed by atoms with Crippen LogP contribution in [0.1, 0.15) is 39.4 Å². The highest BCUT2D eigenvalue weighted by molar-refractivity contribution is 6.02. The number of nitrogens with zero attached hydrogens (tertiary/aromatic N) is 2. The fourth-order valence-corrected chi connectivity index (χ4v) is 10.6. The van der Waals surface area contributed by atoms with Crippen LogP contribution in [0.25, 0.3) is 67.3 Å². The quantitative estimate of drug-likeness (QED) is 0.188. The lowest BCUT2D eigenvalue weighted by Crippen LogP contribution is -2.32. The molecule has 10 aromatic rings. The minimum Gasteiger partial charge on any atom is -0.457 e. The standard InChI is InChI=1S/C60H39N3O/c1-4-16-39(17-5-1)52-37-53(63-59(62-52)42-20-8-3-9-21-42)40-30-28-38(29-31-40)43-32-34-47-46(36-43)57-50(60(47)48-23-11-14-26-54(48)64-55-27-15-12-24-49(55)60)35-33-45-56(57)44-22-10-13-25-51(44)61-58(45)41-18-6-2-7-19-41/h1-37,58,61H. The molecule has 1 unspecified atom stereocenters. The zero-order chi connectivity index (χ0) is 42.2. The molecule has 1 aliphatic carbocycles. The highest BCUT2D eigenvalue weighted by Gasteiger charge is 2.52. The van der Waals surface area contributed by atoms with E-state index in [4.69, 9.17) is 14.7 Å². The van der Waals surface area contributed by atoms with Crippen LogP contribution < -0.4 is 10.1 Å². The van der Waals surface area contributed by atoms with Crippen LogP contribution in [0.4, 0.5) is 5.69 Å². The lowest BCUT2D eigenvalue weighted by Gasteiger charge is -2.40. The molecule has 4 nitrogen and oxygen atoms in total. The summed E-state index contributed by atoms with van der Waals surface area (Å²) in [6.45, 7) is 0. The smallest absolute Gasteiger partial charge is 0.160 e. The van der Waals surface area contributed by atoms with Gasteiger partial charge in [0.1, 0.15) is 11.5 Å². The number of anilines is 1. The number of ether oxygens (including phenoxy) is 1. The second kappa shape index (κ2) is 14.4. The Morgan fingerprint density at radius 3 is 1.64 bits per heavy atom. The van der Waals surface area contributed by atoms with E-state index < -0.39 is 5.41 Å². The molecule has 0 radical (unpaired) electrons. The minimum absolute atomic E-state index is 0.0204. The van der Waals surface area contributed by atoms with Gasteiger partial charge in [-0.1, -0.05) is 194 Å². The molecule has 0 bridgehead atoms. The molecule has 3 aliphatic rings. The summed E-state index contributed by atoms with van der Waals surface area (Å²) in [5.41, 5.74) is 20.0. The normalized spacial score (nSPS) is 14.5. The molecule has 300 valence electrons. The topological polar surface area (TPSA) is 47.0 Å².